The highest BCUT2D eigenvalue weighted by Gasteiger charge is 2.24. The number of ether oxygens (including phenoxy) is 1. The maximum atomic E-state index is 12.6. The first-order valence-corrected chi connectivity index (χ1v) is 9.05. The van der Waals surface area contributed by atoms with Crippen molar-refractivity contribution in [3.63, 3.8) is 0 Å². The van der Waals surface area contributed by atoms with E-state index in [0.29, 0.717) is 31.7 Å². The van der Waals surface area contributed by atoms with Crippen LogP contribution in [0.15, 0.2) is 42.5 Å². The average molecular weight is 367 g/mol. The van der Waals surface area contributed by atoms with E-state index in [1.165, 1.54) is 12.7 Å². The number of carbonyl (C=O) groups excluding carboxylic acids is 2. The van der Waals surface area contributed by atoms with Gasteiger partial charge in [-0.25, -0.2) is 9.59 Å². The standard InChI is InChI=1S/C21H25N3O3/c1-15-8-9-18(16(2)14-15)22-21(26)24-12-10-23(11-13-24)19-7-5-4-6-17(19)20(25)27-3/h4-9,14H,10-13H2,1-3H3,(H,22,26). The summed E-state index contributed by atoms with van der Waals surface area (Å²) in [6.45, 7) is 6.52. The number of nitrogens with one attached hydrogen (secondary N) is 1. The fourth-order valence-electron chi connectivity index (χ4n) is 3.33. The van der Waals surface area contributed by atoms with Crippen LogP contribution >= 0.6 is 0 Å². The van der Waals surface area contributed by atoms with E-state index in [1.807, 2.05) is 44.2 Å². The van der Waals surface area contributed by atoms with Gasteiger partial charge in [0.25, 0.3) is 0 Å². The third kappa shape index (κ3) is 4.22. The summed E-state index contributed by atoms with van der Waals surface area (Å²) in [5.41, 5.74) is 4.45. The number of hydrogen-bond donors (Lipinski definition) is 1. The zero-order valence-electron chi connectivity index (χ0n) is 16.0. The fourth-order valence-corrected chi connectivity index (χ4v) is 3.33. The first-order valence-electron chi connectivity index (χ1n) is 9.05. The van der Waals surface area contributed by atoms with Crippen molar-refractivity contribution in [3.05, 3.63) is 59.2 Å². The van der Waals surface area contributed by atoms with Gasteiger partial charge in [0.05, 0.1) is 18.4 Å². The number of aryl methyl sites for hydroxylation is 2. The van der Waals surface area contributed by atoms with Crippen LogP contribution in [0, 0.1) is 13.8 Å². The number of amides is 2. The van der Waals surface area contributed by atoms with E-state index in [2.05, 4.69) is 16.3 Å². The number of hydrogen-bond acceptors (Lipinski definition) is 4. The highest BCUT2D eigenvalue weighted by molar-refractivity contribution is 5.96. The molecule has 0 bridgehead atoms. The maximum absolute atomic E-state index is 12.6. The monoisotopic (exact) mass is 367 g/mol. The molecular weight excluding hydrogens is 342 g/mol. The third-order valence-corrected chi connectivity index (χ3v) is 4.84. The molecule has 6 nitrogen and oxygen atoms in total. The molecule has 2 amide bonds. The van der Waals surface area contributed by atoms with Crippen LogP contribution in [-0.4, -0.2) is 50.2 Å². The Hall–Kier alpha value is -3.02. The zero-order valence-corrected chi connectivity index (χ0v) is 16.0. The van der Waals surface area contributed by atoms with Gasteiger partial charge in [0.2, 0.25) is 0 Å². The number of piperazine rings is 1. The molecule has 0 spiro atoms. The average Bonchev–Trinajstić information content (AvgIpc) is 2.69. The minimum atomic E-state index is -0.347. The summed E-state index contributed by atoms with van der Waals surface area (Å²) in [6.07, 6.45) is 0. The Morgan fingerprint density at radius 2 is 1.70 bits per heavy atom. The number of anilines is 2. The van der Waals surface area contributed by atoms with Crippen molar-refractivity contribution in [1.82, 2.24) is 4.90 Å². The summed E-state index contributed by atoms with van der Waals surface area (Å²) < 4.78 is 4.87. The molecule has 1 heterocycles. The van der Waals surface area contributed by atoms with Gasteiger partial charge in [0.1, 0.15) is 0 Å². The van der Waals surface area contributed by atoms with Gasteiger partial charge in [-0.15, -0.1) is 0 Å². The van der Waals surface area contributed by atoms with Gasteiger partial charge in [-0.05, 0) is 37.6 Å². The minimum Gasteiger partial charge on any atom is -0.465 e. The van der Waals surface area contributed by atoms with Gasteiger partial charge in [0, 0.05) is 31.9 Å². The first kappa shape index (κ1) is 18.8. The summed E-state index contributed by atoms with van der Waals surface area (Å²) in [5.74, 6) is -0.347. The summed E-state index contributed by atoms with van der Waals surface area (Å²) in [5, 5.41) is 2.99. The van der Waals surface area contributed by atoms with E-state index >= 15 is 0 Å². The van der Waals surface area contributed by atoms with E-state index < -0.39 is 0 Å². The quantitative estimate of drug-likeness (QED) is 0.844. The lowest BCUT2D eigenvalue weighted by atomic mass is 10.1. The number of methoxy groups -OCH3 is 1. The molecule has 0 aliphatic carbocycles. The van der Waals surface area contributed by atoms with Crippen LogP contribution in [0.5, 0.6) is 0 Å². The van der Waals surface area contributed by atoms with E-state index in [4.69, 9.17) is 4.74 Å². The molecule has 1 aliphatic heterocycles. The van der Waals surface area contributed by atoms with Gasteiger partial charge >= 0.3 is 12.0 Å². The van der Waals surface area contributed by atoms with Crippen LogP contribution in [0.25, 0.3) is 0 Å². The number of carbonyl (C=O) groups is 2. The number of esters is 1. The van der Waals surface area contributed by atoms with Crippen molar-refractivity contribution in [1.29, 1.82) is 0 Å². The Labute approximate surface area is 159 Å². The number of nitrogens with zero attached hydrogens (tertiary/aromatic N) is 2. The lowest BCUT2D eigenvalue weighted by Crippen LogP contribution is -2.50. The van der Waals surface area contributed by atoms with Gasteiger partial charge in [-0.3, -0.25) is 0 Å². The molecule has 27 heavy (non-hydrogen) atoms. The van der Waals surface area contributed by atoms with Crippen LogP contribution in [0.2, 0.25) is 0 Å². The van der Waals surface area contributed by atoms with Crippen molar-refractivity contribution in [2.24, 2.45) is 0 Å². The molecule has 1 N–H and O–H groups in total. The van der Waals surface area contributed by atoms with Crippen LogP contribution in [0.4, 0.5) is 16.2 Å². The molecule has 0 radical (unpaired) electrons. The molecule has 6 heteroatoms. The fraction of sp³-hybridized carbons (Fsp3) is 0.333. The normalized spacial score (nSPS) is 14.0. The van der Waals surface area contributed by atoms with E-state index in [1.54, 1.807) is 11.0 Å². The molecule has 1 fully saturated rings. The van der Waals surface area contributed by atoms with E-state index in [0.717, 1.165) is 16.9 Å². The van der Waals surface area contributed by atoms with Crippen LogP contribution in [-0.2, 0) is 4.74 Å². The van der Waals surface area contributed by atoms with Crippen molar-refractivity contribution in [3.8, 4) is 0 Å². The second-order valence-electron chi connectivity index (χ2n) is 6.73. The number of benzene rings is 2. The van der Waals surface area contributed by atoms with Crippen LogP contribution in [0.1, 0.15) is 21.5 Å². The molecule has 1 aliphatic rings. The van der Waals surface area contributed by atoms with Gasteiger partial charge in [-0.1, -0.05) is 29.8 Å². The number of rotatable bonds is 3. The van der Waals surface area contributed by atoms with Crippen LogP contribution in [0.3, 0.4) is 0 Å². The lowest BCUT2D eigenvalue weighted by molar-refractivity contribution is 0.0601. The topological polar surface area (TPSA) is 61.9 Å². The predicted octanol–water partition coefficient (Wildman–Crippen LogP) is 3.44. The Morgan fingerprint density at radius 3 is 2.37 bits per heavy atom. The van der Waals surface area contributed by atoms with Crippen molar-refractivity contribution >= 4 is 23.4 Å². The van der Waals surface area contributed by atoms with Crippen molar-refractivity contribution < 1.29 is 14.3 Å². The lowest BCUT2D eigenvalue weighted by Gasteiger charge is -2.36. The maximum Gasteiger partial charge on any atom is 0.339 e. The second-order valence-corrected chi connectivity index (χ2v) is 6.73. The van der Waals surface area contributed by atoms with E-state index in [9.17, 15) is 9.59 Å². The molecule has 1 saturated heterocycles. The van der Waals surface area contributed by atoms with Gasteiger partial charge in [0.15, 0.2) is 0 Å². The van der Waals surface area contributed by atoms with Gasteiger partial charge in [-0.2, -0.15) is 0 Å². The first-order chi connectivity index (χ1) is 13.0. The van der Waals surface area contributed by atoms with E-state index in [-0.39, 0.29) is 12.0 Å². The number of para-hydroxylation sites is 1. The summed E-state index contributed by atoms with van der Waals surface area (Å²) >= 11 is 0. The summed E-state index contributed by atoms with van der Waals surface area (Å²) in [6, 6.07) is 13.3. The molecule has 3 rings (SSSR count). The molecule has 2 aromatic carbocycles. The Bertz CT molecular complexity index is 842. The Balaban J connectivity index is 1.64. The molecule has 0 aromatic heterocycles. The van der Waals surface area contributed by atoms with Crippen molar-refractivity contribution in [2.75, 3.05) is 43.5 Å². The smallest absolute Gasteiger partial charge is 0.339 e. The Kier molecular flexibility index (Phi) is 5.64. The largest absolute Gasteiger partial charge is 0.465 e. The molecule has 0 atom stereocenters. The summed E-state index contributed by atoms with van der Waals surface area (Å²) in [4.78, 5) is 28.5. The summed E-state index contributed by atoms with van der Waals surface area (Å²) in [7, 11) is 1.38. The number of urea groups is 1. The third-order valence-electron chi connectivity index (χ3n) is 4.84. The highest BCUT2D eigenvalue weighted by atomic mass is 16.5. The van der Waals surface area contributed by atoms with Gasteiger partial charge < -0.3 is 19.9 Å². The minimum absolute atomic E-state index is 0.0946. The molecule has 0 unspecified atom stereocenters. The highest BCUT2D eigenvalue weighted by Crippen LogP contribution is 2.23. The molecule has 0 saturated carbocycles. The predicted molar refractivity (Wildman–Crippen MR) is 107 cm³/mol. The van der Waals surface area contributed by atoms with Crippen molar-refractivity contribution in [2.45, 2.75) is 13.8 Å². The molecule has 2 aromatic rings. The Morgan fingerprint density at radius 1 is 1.00 bits per heavy atom. The zero-order chi connectivity index (χ0) is 19.4. The van der Waals surface area contributed by atoms with Crippen LogP contribution < -0.4 is 10.2 Å². The SMILES string of the molecule is COC(=O)c1ccccc1N1CCN(C(=O)Nc2ccc(C)cc2C)CC1. The molecular formula is C21H25N3O3. The second kappa shape index (κ2) is 8.12. The molecule has 142 valence electrons.